The van der Waals surface area contributed by atoms with Crippen molar-refractivity contribution in [2.75, 3.05) is 13.2 Å². The fourth-order valence-corrected chi connectivity index (χ4v) is 8.76. The van der Waals surface area contributed by atoms with Crippen molar-refractivity contribution >= 4 is 11.9 Å². The molecule has 6 nitrogen and oxygen atoms in total. The summed E-state index contributed by atoms with van der Waals surface area (Å²) in [4.78, 5) is 24.5. The molecule has 0 bridgehead atoms. The number of carbonyl (C=O) groups is 2. The fourth-order valence-electron chi connectivity index (χ4n) is 8.76. The van der Waals surface area contributed by atoms with Gasteiger partial charge in [0.15, 0.2) is 0 Å². The molecule has 368 valence electrons. The van der Waals surface area contributed by atoms with E-state index in [0.717, 1.165) is 70.6 Å². The van der Waals surface area contributed by atoms with Crippen LogP contribution in [0.4, 0.5) is 0 Å². The first-order chi connectivity index (χ1) is 30.5. The first-order valence-electron chi connectivity index (χ1n) is 27.9. The molecule has 1 amide bonds. The SMILES string of the molecule is CCCCCCCCCCCCCCCCCCCCCCCCC(O)C(CO)NC(=O)CCC/C=C\CCCCCCOC(=O)CCCCCCCCCCCCCCCC. The molecular formula is C56H109NO5. The zero-order valence-electron chi connectivity index (χ0n) is 41.9. The zero-order chi connectivity index (χ0) is 45.1. The minimum atomic E-state index is -0.695. The van der Waals surface area contributed by atoms with E-state index in [9.17, 15) is 19.8 Å². The third kappa shape index (κ3) is 48.1. The smallest absolute Gasteiger partial charge is 0.305 e. The van der Waals surface area contributed by atoms with Crippen LogP contribution in [0, 0.1) is 0 Å². The Bertz CT molecular complexity index is 924. The van der Waals surface area contributed by atoms with E-state index < -0.39 is 12.1 Å². The molecule has 3 N–H and O–H groups in total. The Morgan fingerprint density at radius 1 is 0.435 bits per heavy atom. The molecule has 0 aliphatic heterocycles. The van der Waals surface area contributed by atoms with E-state index in [0.29, 0.717) is 25.9 Å². The molecule has 0 saturated carbocycles. The average molecular weight is 876 g/mol. The van der Waals surface area contributed by atoms with Crippen molar-refractivity contribution in [1.29, 1.82) is 0 Å². The standard InChI is InChI=1S/C56H109NO5/c1-3-5-7-9-11-13-15-17-19-20-21-22-23-24-25-26-27-29-32-36-40-44-48-54(59)53(52-58)57-55(60)49-45-41-37-33-31-35-39-43-47-51-62-56(61)50-46-42-38-34-30-28-18-16-14-12-10-8-6-4-2/h33,37,53-54,58-59H,3-32,34-36,38-52H2,1-2H3,(H,57,60)/b37-33-. The van der Waals surface area contributed by atoms with Crippen LogP contribution in [-0.4, -0.2) is 47.4 Å². The molecule has 0 aliphatic rings. The Kier molecular flexibility index (Phi) is 51.0. The largest absolute Gasteiger partial charge is 0.466 e. The molecule has 0 saturated heterocycles. The Morgan fingerprint density at radius 3 is 1.18 bits per heavy atom. The first kappa shape index (κ1) is 60.6. The van der Waals surface area contributed by atoms with Gasteiger partial charge in [-0.3, -0.25) is 9.59 Å². The lowest BCUT2D eigenvalue weighted by molar-refractivity contribution is -0.143. The third-order valence-corrected chi connectivity index (χ3v) is 13.1. The number of carbonyl (C=O) groups excluding carboxylic acids is 2. The van der Waals surface area contributed by atoms with Crippen LogP contribution in [0.2, 0.25) is 0 Å². The monoisotopic (exact) mass is 876 g/mol. The van der Waals surface area contributed by atoms with Crippen LogP contribution < -0.4 is 5.32 Å². The summed E-state index contributed by atoms with van der Waals surface area (Å²) in [5.41, 5.74) is 0. The van der Waals surface area contributed by atoms with Gasteiger partial charge in [-0.1, -0.05) is 264 Å². The van der Waals surface area contributed by atoms with Gasteiger partial charge in [-0.05, 0) is 44.9 Å². The van der Waals surface area contributed by atoms with E-state index in [1.54, 1.807) is 0 Å². The molecule has 0 rings (SSSR count). The highest BCUT2D eigenvalue weighted by atomic mass is 16.5. The van der Waals surface area contributed by atoms with Crippen molar-refractivity contribution in [3.8, 4) is 0 Å². The number of ether oxygens (including phenoxy) is 1. The molecule has 2 unspecified atom stereocenters. The maximum atomic E-state index is 12.5. The van der Waals surface area contributed by atoms with E-state index in [-0.39, 0.29) is 18.5 Å². The fraction of sp³-hybridized carbons (Fsp3) is 0.929. The summed E-state index contributed by atoms with van der Waals surface area (Å²) in [5.74, 6) is -0.124. The quantitative estimate of drug-likeness (QED) is 0.0321. The van der Waals surface area contributed by atoms with Gasteiger partial charge in [0.25, 0.3) is 0 Å². The minimum absolute atomic E-state index is 0.0324. The Balaban J connectivity index is 3.51. The summed E-state index contributed by atoms with van der Waals surface area (Å²) in [7, 11) is 0. The van der Waals surface area contributed by atoms with Crippen LogP contribution in [0.1, 0.15) is 309 Å². The number of allylic oxidation sites excluding steroid dienone is 2. The van der Waals surface area contributed by atoms with Crippen molar-refractivity contribution in [1.82, 2.24) is 5.32 Å². The average Bonchev–Trinajstić information content (AvgIpc) is 3.27. The maximum Gasteiger partial charge on any atom is 0.305 e. The van der Waals surface area contributed by atoms with Gasteiger partial charge in [-0.2, -0.15) is 0 Å². The topological polar surface area (TPSA) is 95.9 Å². The molecule has 0 aromatic rings. The van der Waals surface area contributed by atoms with Gasteiger partial charge in [0.2, 0.25) is 5.91 Å². The highest BCUT2D eigenvalue weighted by Gasteiger charge is 2.20. The third-order valence-electron chi connectivity index (χ3n) is 13.1. The van der Waals surface area contributed by atoms with Gasteiger partial charge in [0.1, 0.15) is 0 Å². The molecule has 0 aromatic carbocycles. The molecule has 0 heterocycles. The van der Waals surface area contributed by atoms with Crippen LogP contribution in [0.25, 0.3) is 0 Å². The van der Waals surface area contributed by atoms with Crippen LogP contribution in [0.3, 0.4) is 0 Å². The van der Waals surface area contributed by atoms with Gasteiger partial charge in [0.05, 0.1) is 25.4 Å². The van der Waals surface area contributed by atoms with Crippen LogP contribution >= 0.6 is 0 Å². The van der Waals surface area contributed by atoms with Crippen molar-refractivity contribution in [2.24, 2.45) is 0 Å². The molecule has 2 atom stereocenters. The van der Waals surface area contributed by atoms with E-state index in [1.807, 2.05) is 0 Å². The molecule has 0 aromatic heterocycles. The van der Waals surface area contributed by atoms with Crippen molar-refractivity contribution < 1.29 is 24.5 Å². The van der Waals surface area contributed by atoms with E-state index in [2.05, 4.69) is 31.3 Å². The summed E-state index contributed by atoms with van der Waals surface area (Å²) in [6.45, 7) is 4.89. The maximum absolute atomic E-state index is 12.5. The van der Waals surface area contributed by atoms with Gasteiger partial charge in [-0.25, -0.2) is 0 Å². The van der Waals surface area contributed by atoms with E-state index in [1.165, 1.54) is 205 Å². The normalized spacial score (nSPS) is 12.6. The number of esters is 1. The first-order valence-corrected chi connectivity index (χ1v) is 27.9. The Hall–Kier alpha value is -1.40. The van der Waals surface area contributed by atoms with Gasteiger partial charge < -0.3 is 20.3 Å². The van der Waals surface area contributed by atoms with Crippen molar-refractivity contribution in [3.63, 3.8) is 0 Å². The summed E-state index contributed by atoms with van der Waals surface area (Å²) < 4.78 is 5.44. The second-order valence-electron chi connectivity index (χ2n) is 19.3. The number of hydrogen-bond acceptors (Lipinski definition) is 5. The summed E-state index contributed by atoms with van der Waals surface area (Å²) in [6, 6.07) is -0.578. The highest BCUT2D eigenvalue weighted by Crippen LogP contribution is 2.17. The van der Waals surface area contributed by atoms with E-state index >= 15 is 0 Å². The number of nitrogens with one attached hydrogen (secondary N) is 1. The molecule has 0 radical (unpaired) electrons. The second kappa shape index (κ2) is 52.2. The molecular weight excluding hydrogens is 767 g/mol. The number of unbranched alkanes of at least 4 members (excludes halogenated alkanes) is 39. The van der Waals surface area contributed by atoms with Crippen LogP contribution in [0.5, 0.6) is 0 Å². The Morgan fingerprint density at radius 2 is 0.774 bits per heavy atom. The molecule has 0 aliphatic carbocycles. The molecule has 6 heteroatoms. The molecule has 62 heavy (non-hydrogen) atoms. The number of amides is 1. The predicted molar refractivity (Wildman–Crippen MR) is 269 cm³/mol. The van der Waals surface area contributed by atoms with Gasteiger partial charge in [0, 0.05) is 12.8 Å². The number of hydrogen-bond donors (Lipinski definition) is 3. The van der Waals surface area contributed by atoms with Crippen molar-refractivity contribution in [3.05, 3.63) is 12.2 Å². The van der Waals surface area contributed by atoms with Crippen molar-refractivity contribution in [2.45, 2.75) is 321 Å². The number of aliphatic hydroxyl groups is 2. The summed E-state index contributed by atoms with van der Waals surface area (Å²) >= 11 is 0. The summed E-state index contributed by atoms with van der Waals surface area (Å²) in [5, 5.41) is 23.3. The number of rotatable bonds is 52. The molecule has 0 spiro atoms. The summed E-state index contributed by atoms with van der Waals surface area (Å²) in [6.07, 6.45) is 60.6. The lowest BCUT2D eigenvalue weighted by Gasteiger charge is -2.22. The zero-order valence-corrected chi connectivity index (χ0v) is 41.9. The Labute approximate surface area is 387 Å². The lowest BCUT2D eigenvalue weighted by Crippen LogP contribution is -2.45. The molecule has 0 fully saturated rings. The second-order valence-corrected chi connectivity index (χ2v) is 19.3. The van der Waals surface area contributed by atoms with Gasteiger partial charge in [-0.15, -0.1) is 0 Å². The van der Waals surface area contributed by atoms with E-state index in [4.69, 9.17) is 4.74 Å². The minimum Gasteiger partial charge on any atom is -0.466 e. The predicted octanol–water partition coefficient (Wildman–Crippen LogP) is 16.9. The highest BCUT2D eigenvalue weighted by molar-refractivity contribution is 5.76. The van der Waals surface area contributed by atoms with Gasteiger partial charge >= 0.3 is 5.97 Å². The van der Waals surface area contributed by atoms with Crippen LogP contribution in [-0.2, 0) is 14.3 Å². The number of aliphatic hydroxyl groups excluding tert-OH is 2. The van der Waals surface area contributed by atoms with Crippen LogP contribution in [0.15, 0.2) is 12.2 Å². The lowest BCUT2D eigenvalue weighted by atomic mass is 10.0.